The van der Waals surface area contributed by atoms with E-state index in [1.165, 1.54) is 0 Å². The highest BCUT2D eigenvalue weighted by Gasteiger charge is 2.25. The Morgan fingerprint density at radius 3 is 2.96 bits per heavy atom. The first-order chi connectivity index (χ1) is 13.4. The summed E-state index contributed by atoms with van der Waals surface area (Å²) in [5.41, 5.74) is 7.77. The van der Waals surface area contributed by atoms with Gasteiger partial charge in [-0.3, -0.25) is 4.79 Å². The zero-order valence-electron chi connectivity index (χ0n) is 15.8. The van der Waals surface area contributed by atoms with Crippen molar-refractivity contribution < 1.29 is 9.90 Å². The van der Waals surface area contributed by atoms with E-state index in [-0.39, 0.29) is 18.4 Å². The number of aliphatic hydroxyl groups excluding tert-OH is 1. The third-order valence-corrected chi connectivity index (χ3v) is 4.71. The van der Waals surface area contributed by atoms with Crippen molar-refractivity contribution in [2.24, 2.45) is 0 Å². The number of nitrogens with two attached hydrogens (primary N) is 1. The third kappa shape index (κ3) is 3.36. The molecule has 0 aromatic carbocycles. The quantitative estimate of drug-likeness (QED) is 0.563. The molecule has 0 spiro atoms. The van der Waals surface area contributed by atoms with E-state index in [2.05, 4.69) is 25.4 Å². The van der Waals surface area contributed by atoms with Crippen LogP contribution < -0.4 is 16.0 Å². The molecule has 0 saturated carbocycles. The molecule has 11 nitrogen and oxygen atoms in total. The Bertz CT molecular complexity index is 1030. The van der Waals surface area contributed by atoms with Crippen LogP contribution in [0.5, 0.6) is 0 Å². The van der Waals surface area contributed by atoms with Crippen molar-refractivity contribution in [1.82, 2.24) is 29.3 Å². The van der Waals surface area contributed by atoms with E-state index >= 15 is 0 Å². The van der Waals surface area contributed by atoms with Crippen molar-refractivity contribution in [1.29, 1.82) is 0 Å². The van der Waals surface area contributed by atoms with E-state index in [9.17, 15) is 9.90 Å². The number of nitrogens with zero attached hydrogens (tertiary/aromatic N) is 7. The van der Waals surface area contributed by atoms with Crippen LogP contribution >= 0.6 is 0 Å². The molecule has 28 heavy (non-hydrogen) atoms. The number of aryl methyl sites for hydroxylation is 2. The molecule has 0 radical (unpaired) electrons. The van der Waals surface area contributed by atoms with E-state index in [0.29, 0.717) is 48.9 Å². The Hall–Kier alpha value is -3.21. The SMILES string of the molecule is CCn1nc(C)cc1NC(=O)Cn1cnc2c(N3CC[C@H](O)C3)nc(N)nc21. The highest BCUT2D eigenvalue weighted by atomic mass is 16.3. The van der Waals surface area contributed by atoms with Crippen LogP contribution in [-0.4, -0.2) is 59.5 Å². The molecule has 4 rings (SSSR count). The summed E-state index contributed by atoms with van der Waals surface area (Å²) in [5.74, 6) is 1.11. The van der Waals surface area contributed by atoms with Gasteiger partial charge < -0.3 is 25.6 Å². The second kappa shape index (κ2) is 7.08. The maximum Gasteiger partial charge on any atom is 0.245 e. The Kier molecular flexibility index (Phi) is 4.59. The number of hydrogen-bond acceptors (Lipinski definition) is 8. The van der Waals surface area contributed by atoms with Gasteiger partial charge in [-0.1, -0.05) is 0 Å². The van der Waals surface area contributed by atoms with Crippen molar-refractivity contribution >= 4 is 34.7 Å². The minimum Gasteiger partial charge on any atom is -0.391 e. The maximum absolute atomic E-state index is 12.6. The molecule has 1 aliphatic rings. The van der Waals surface area contributed by atoms with Crippen molar-refractivity contribution in [3.8, 4) is 0 Å². The third-order valence-electron chi connectivity index (χ3n) is 4.71. The summed E-state index contributed by atoms with van der Waals surface area (Å²) in [5, 5.41) is 17.0. The van der Waals surface area contributed by atoms with E-state index in [1.54, 1.807) is 15.6 Å². The Morgan fingerprint density at radius 1 is 1.43 bits per heavy atom. The molecule has 3 aromatic rings. The number of nitrogen functional groups attached to an aromatic ring is 1. The number of fused-ring (bicyclic) bond motifs is 1. The molecular weight excluding hydrogens is 362 g/mol. The lowest BCUT2D eigenvalue weighted by Gasteiger charge is -2.17. The minimum atomic E-state index is -0.397. The fourth-order valence-corrected chi connectivity index (χ4v) is 3.44. The predicted molar refractivity (Wildman–Crippen MR) is 104 cm³/mol. The summed E-state index contributed by atoms with van der Waals surface area (Å²) in [6.07, 6.45) is 1.82. The minimum absolute atomic E-state index is 0.0307. The molecule has 1 atom stereocenters. The zero-order valence-corrected chi connectivity index (χ0v) is 15.8. The number of carbonyl (C=O) groups is 1. The van der Waals surface area contributed by atoms with Crippen LogP contribution in [0.4, 0.5) is 17.6 Å². The van der Waals surface area contributed by atoms with Crippen molar-refractivity contribution in [2.75, 3.05) is 29.0 Å². The lowest BCUT2D eigenvalue weighted by Crippen LogP contribution is -2.23. The fourth-order valence-electron chi connectivity index (χ4n) is 3.44. The average molecular weight is 385 g/mol. The van der Waals surface area contributed by atoms with E-state index in [1.807, 2.05) is 24.8 Å². The molecule has 1 aliphatic heterocycles. The van der Waals surface area contributed by atoms with Gasteiger partial charge in [-0.05, 0) is 20.3 Å². The van der Waals surface area contributed by atoms with Gasteiger partial charge in [0.25, 0.3) is 0 Å². The van der Waals surface area contributed by atoms with Gasteiger partial charge >= 0.3 is 0 Å². The summed E-state index contributed by atoms with van der Waals surface area (Å²) in [4.78, 5) is 27.4. The molecule has 4 N–H and O–H groups in total. The Balaban J connectivity index is 1.59. The van der Waals surface area contributed by atoms with Gasteiger partial charge in [0.2, 0.25) is 11.9 Å². The average Bonchev–Trinajstić information content (AvgIpc) is 3.34. The topological polar surface area (TPSA) is 140 Å². The first-order valence-corrected chi connectivity index (χ1v) is 9.20. The monoisotopic (exact) mass is 385 g/mol. The van der Waals surface area contributed by atoms with Gasteiger partial charge in [0.05, 0.1) is 18.1 Å². The molecule has 1 saturated heterocycles. The van der Waals surface area contributed by atoms with Crippen molar-refractivity contribution in [2.45, 2.75) is 39.5 Å². The van der Waals surface area contributed by atoms with E-state index in [4.69, 9.17) is 5.73 Å². The van der Waals surface area contributed by atoms with Crippen LogP contribution in [0, 0.1) is 6.92 Å². The Morgan fingerprint density at radius 2 is 2.25 bits per heavy atom. The number of anilines is 3. The van der Waals surface area contributed by atoms with Crippen molar-refractivity contribution in [3.63, 3.8) is 0 Å². The fraction of sp³-hybridized carbons (Fsp3) is 0.471. The lowest BCUT2D eigenvalue weighted by atomic mass is 10.3. The lowest BCUT2D eigenvalue weighted by molar-refractivity contribution is -0.116. The highest BCUT2D eigenvalue weighted by Crippen LogP contribution is 2.26. The second-order valence-corrected chi connectivity index (χ2v) is 6.87. The number of carbonyl (C=O) groups excluding carboxylic acids is 1. The summed E-state index contributed by atoms with van der Waals surface area (Å²) in [6, 6.07) is 1.82. The molecule has 4 heterocycles. The molecule has 1 fully saturated rings. The highest BCUT2D eigenvalue weighted by molar-refractivity contribution is 5.91. The van der Waals surface area contributed by atoms with Crippen LogP contribution in [0.15, 0.2) is 12.4 Å². The molecule has 1 amide bonds. The molecule has 0 bridgehead atoms. The van der Waals surface area contributed by atoms with Crippen LogP contribution in [-0.2, 0) is 17.9 Å². The molecule has 3 aromatic heterocycles. The standard InChI is InChI=1S/C17H23N9O2/c1-3-26-12(6-10(2)23-26)20-13(28)8-25-9-19-14-15(21-17(18)22-16(14)25)24-5-4-11(27)7-24/h6,9,11,27H,3-5,7-8H2,1-2H3,(H,20,28)(H2,18,21,22)/t11-/m0/s1. The molecule has 0 aliphatic carbocycles. The van der Waals surface area contributed by atoms with Gasteiger partial charge in [0.15, 0.2) is 17.0 Å². The number of imidazole rings is 1. The van der Waals surface area contributed by atoms with Crippen LogP contribution in [0.2, 0.25) is 0 Å². The molecular formula is C17H23N9O2. The Labute approximate surface area is 161 Å². The largest absolute Gasteiger partial charge is 0.391 e. The van der Waals surface area contributed by atoms with E-state index < -0.39 is 6.10 Å². The first-order valence-electron chi connectivity index (χ1n) is 9.20. The molecule has 148 valence electrons. The number of aromatic nitrogens is 6. The summed E-state index contributed by atoms with van der Waals surface area (Å²) in [6.45, 7) is 5.67. The smallest absolute Gasteiger partial charge is 0.245 e. The number of nitrogens with one attached hydrogen (secondary N) is 1. The van der Waals surface area contributed by atoms with Crippen LogP contribution in [0.25, 0.3) is 11.2 Å². The van der Waals surface area contributed by atoms with Crippen molar-refractivity contribution in [3.05, 3.63) is 18.1 Å². The number of β-amino-alcohol motifs (C(OH)–C–C–N with tert-alkyl or cyclic N) is 1. The van der Waals surface area contributed by atoms with Gasteiger partial charge in [0.1, 0.15) is 12.4 Å². The maximum atomic E-state index is 12.6. The van der Waals surface area contributed by atoms with Gasteiger partial charge in [-0.15, -0.1) is 0 Å². The molecule has 0 unspecified atom stereocenters. The zero-order chi connectivity index (χ0) is 19.8. The van der Waals surface area contributed by atoms with E-state index in [0.717, 1.165) is 5.69 Å². The molecule has 11 heteroatoms. The summed E-state index contributed by atoms with van der Waals surface area (Å²) in [7, 11) is 0. The normalized spacial score (nSPS) is 16.8. The number of aliphatic hydroxyl groups is 1. The number of hydrogen-bond donors (Lipinski definition) is 3. The first kappa shape index (κ1) is 18.2. The second-order valence-electron chi connectivity index (χ2n) is 6.87. The summed E-state index contributed by atoms with van der Waals surface area (Å²) < 4.78 is 3.37. The van der Waals surface area contributed by atoms with Crippen LogP contribution in [0.3, 0.4) is 0 Å². The summed E-state index contributed by atoms with van der Waals surface area (Å²) >= 11 is 0. The number of amides is 1. The van der Waals surface area contributed by atoms with Gasteiger partial charge in [-0.2, -0.15) is 15.1 Å². The van der Waals surface area contributed by atoms with Gasteiger partial charge in [0, 0.05) is 25.7 Å². The van der Waals surface area contributed by atoms with Crippen LogP contribution in [0.1, 0.15) is 19.0 Å². The number of rotatable bonds is 5. The predicted octanol–water partition coefficient (Wildman–Crippen LogP) is 0.143. The van der Waals surface area contributed by atoms with Gasteiger partial charge in [-0.25, -0.2) is 9.67 Å².